The topological polar surface area (TPSA) is 153 Å². The highest BCUT2D eigenvalue weighted by Gasteiger charge is 2.36. The van der Waals surface area contributed by atoms with Crippen LogP contribution in [0.15, 0.2) is 73.1 Å². The van der Waals surface area contributed by atoms with Crippen LogP contribution < -0.4 is 25.2 Å². The second-order valence-electron chi connectivity index (χ2n) is 13.5. The van der Waals surface area contributed by atoms with Crippen LogP contribution >= 0.6 is 0 Å². The Labute approximate surface area is 312 Å². The number of alkyl halides is 3. The van der Waals surface area contributed by atoms with Gasteiger partial charge in [-0.2, -0.15) is 18.2 Å². The lowest BCUT2D eigenvalue weighted by Crippen LogP contribution is -2.43. The van der Waals surface area contributed by atoms with Gasteiger partial charge in [-0.15, -0.1) is 0 Å². The van der Waals surface area contributed by atoms with Crippen LogP contribution in [-0.4, -0.2) is 79.6 Å². The number of anilines is 5. The molecule has 2 aliphatic heterocycles. The van der Waals surface area contributed by atoms with E-state index in [1.54, 1.807) is 12.1 Å². The summed E-state index contributed by atoms with van der Waals surface area (Å²) in [4.78, 5) is 41.0. The van der Waals surface area contributed by atoms with Crippen molar-refractivity contribution in [1.29, 1.82) is 0 Å². The van der Waals surface area contributed by atoms with E-state index in [9.17, 15) is 31.2 Å². The molecule has 54 heavy (non-hydrogen) atoms. The van der Waals surface area contributed by atoms with Crippen LogP contribution in [0.1, 0.15) is 53.9 Å². The molecule has 2 amide bonds. The smallest absolute Gasteiger partial charge is 0.371 e. The monoisotopic (exact) mass is 765 g/mol. The molecule has 1 unspecified atom stereocenters. The van der Waals surface area contributed by atoms with Gasteiger partial charge in [0.2, 0.25) is 27.8 Å². The Morgan fingerprint density at radius 1 is 0.944 bits per heavy atom. The van der Waals surface area contributed by atoms with Crippen molar-refractivity contribution in [2.75, 3.05) is 53.3 Å². The van der Waals surface area contributed by atoms with Gasteiger partial charge in [0, 0.05) is 75.0 Å². The summed E-state index contributed by atoms with van der Waals surface area (Å²) in [5, 5.41) is 8.15. The number of nitrogens with zero attached hydrogens (tertiary/aromatic N) is 6. The number of sulfonamides is 1. The lowest BCUT2D eigenvalue weighted by Gasteiger charge is -2.38. The van der Waals surface area contributed by atoms with Gasteiger partial charge < -0.3 is 15.5 Å². The molecule has 2 aromatic heterocycles. The average molecular weight is 766 g/mol. The van der Waals surface area contributed by atoms with Gasteiger partial charge in [0.1, 0.15) is 17.2 Å². The van der Waals surface area contributed by atoms with Crippen LogP contribution in [0.3, 0.4) is 0 Å². The molecule has 286 valence electrons. The molecule has 4 heterocycles. The minimum atomic E-state index is -4.74. The van der Waals surface area contributed by atoms with Crippen molar-refractivity contribution in [2.24, 2.45) is 0 Å². The summed E-state index contributed by atoms with van der Waals surface area (Å²) in [6.45, 7) is 2.16. The fourth-order valence-corrected chi connectivity index (χ4v) is 7.31. The molecule has 13 nitrogen and oxygen atoms in total. The molecule has 1 atom stereocenters. The highest BCUT2D eigenvalue weighted by Crippen LogP contribution is 2.35. The molecular formula is C37H42F3N9O4S. The van der Waals surface area contributed by atoms with Crippen LogP contribution in [0.2, 0.25) is 0 Å². The molecule has 0 bridgehead atoms. The molecule has 2 aliphatic rings. The fourth-order valence-electron chi connectivity index (χ4n) is 6.83. The second kappa shape index (κ2) is 16.0. The van der Waals surface area contributed by atoms with Gasteiger partial charge in [-0.05, 0) is 67.8 Å². The molecule has 0 radical (unpaired) electrons. The number of hydrogen-bond acceptors (Lipinski definition) is 11. The largest absolute Gasteiger partial charge is 0.421 e. The standard InChI is InChI=1S/C37H42F3N9O4S/c1-47(23-25-7-4-5-9-29(25)30-14-15-32(50)45-35(30)51)27-16-19-49(20-17-27)28-12-10-26(11-13-28)44-36-43-22-31(37(38,39)40)33(46-36)42-21-24-8-6-18-41-34(24)48(2)54(3,52)53/h4-13,18,22,27,30H,14-17,19-21,23H2,1-3H3,(H,45,50,51)(H2,42,43,44,46). The minimum absolute atomic E-state index is 0.0547. The fraction of sp³-hybridized carbons (Fsp3) is 0.378. The molecule has 2 aromatic carbocycles. The normalized spacial score (nSPS) is 17.0. The zero-order valence-electron chi connectivity index (χ0n) is 30.1. The molecule has 0 aliphatic carbocycles. The minimum Gasteiger partial charge on any atom is -0.371 e. The van der Waals surface area contributed by atoms with E-state index in [2.05, 4.69) is 47.7 Å². The number of nitrogens with one attached hydrogen (secondary N) is 3. The number of imide groups is 1. The van der Waals surface area contributed by atoms with Crippen molar-refractivity contribution in [3.8, 4) is 0 Å². The van der Waals surface area contributed by atoms with Crippen LogP contribution in [0.25, 0.3) is 0 Å². The molecule has 4 aromatic rings. The first-order chi connectivity index (χ1) is 25.7. The number of carbonyl (C=O) groups is 2. The number of rotatable bonds is 12. The lowest BCUT2D eigenvalue weighted by atomic mass is 9.87. The number of pyridine rings is 1. The molecule has 0 spiro atoms. The number of benzene rings is 2. The van der Waals surface area contributed by atoms with Crippen LogP contribution in [0.4, 0.5) is 42.1 Å². The number of hydrogen-bond donors (Lipinski definition) is 3. The van der Waals surface area contributed by atoms with Gasteiger partial charge in [-0.3, -0.25) is 24.1 Å². The zero-order chi connectivity index (χ0) is 38.6. The maximum atomic E-state index is 13.9. The summed E-state index contributed by atoms with van der Waals surface area (Å²) in [6.07, 6.45) is 1.07. The van der Waals surface area contributed by atoms with Crippen molar-refractivity contribution < 1.29 is 31.2 Å². The van der Waals surface area contributed by atoms with E-state index in [0.29, 0.717) is 42.9 Å². The van der Waals surface area contributed by atoms with Crippen molar-refractivity contribution in [2.45, 2.75) is 56.9 Å². The predicted molar refractivity (Wildman–Crippen MR) is 200 cm³/mol. The van der Waals surface area contributed by atoms with Gasteiger partial charge in [0.25, 0.3) is 0 Å². The van der Waals surface area contributed by atoms with Gasteiger partial charge in [0.15, 0.2) is 0 Å². The zero-order valence-corrected chi connectivity index (χ0v) is 30.9. The average Bonchev–Trinajstić information content (AvgIpc) is 3.14. The highest BCUT2D eigenvalue weighted by molar-refractivity contribution is 7.92. The van der Waals surface area contributed by atoms with Gasteiger partial charge in [-0.25, -0.2) is 18.4 Å². The summed E-state index contributed by atoms with van der Waals surface area (Å²) >= 11 is 0. The quantitative estimate of drug-likeness (QED) is 0.162. The van der Waals surface area contributed by atoms with Gasteiger partial charge in [0.05, 0.1) is 12.2 Å². The summed E-state index contributed by atoms with van der Waals surface area (Å²) < 4.78 is 66.9. The summed E-state index contributed by atoms with van der Waals surface area (Å²) in [6, 6.07) is 18.9. The first kappa shape index (κ1) is 38.4. The number of carbonyl (C=O) groups excluding carboxylic acids is 2. The van der Waals surface area contributed by atoms with E-state index in [1.807, 2.05) is 48.5 Å². The van der Waals surface area contributed by atoms with E-state index in [0.717, 1.165) is 53.3 Å². The Morgan fingerprint density at radius 3 is 2.33 bits per heavy atom. The first-order valence-electron chi connectivity index (χ1n) is 17.5. The lowest BCUT2D eigenvalue weighted by molar-refractivity contribution is -0.137. The summed E-state index contributed by atoms with van der Waals surface area (Å²) in [5.74, 6) is -1.24. The van der Waals surface area contributed by atoms with Crippen molar-refractivity contribution >= 4 is 50.8 Å². The molecule has 2 saturated heterocycles. The third-order valence-corrected chi connectivity index (χ3v) is 11.0. The Hall–Kier alpha value is -5.29. The molecule has 0 saturated carbocycles. The molecular weight excluding hydrogens is 724 g/mol. The third kappa shape index (κ3) is 9.07. The number of piperidine rings is 2. The summed E-state index contributed by atoms with van der Waals surface area (Å²) in [7, 11) is -0.250. The molecule has 2 fully saturated rings. The van der Waals surface area contributed by atoms with E-state index in [1.165, 1.54) is 13.2 Å². The second-order valence-corrected chi connectivity index (χ2v) is 15.5. The van der Waals surface area contributed by atoms with Crippen molar-refractivity contribution in [1.82, 2.24) is 25.2 Å². The molecule has 17 heteroatoms. The highest BCUT2D eigenvalue weighted by atomic mass is 32.2. The summed E-state index contributed by atoms with van der Waals surface area (Å²) in [5.41, 5.74) is 2.92. The predicted octanol–water partition coefficient (Wildman–Crippen LogP) is 5.26. The number of halogens is 3. The van der Waals surface area contributed by atoms with Crippen molar-refractivity contribution in [3.05, 3.63) is 95.3 Å². The van der Waals surface area contributed by atoms with Crippen LogP contribution in [-0.2, 0) is 38.9 Å². The van der Waals surface area contributed by atoms with Crippen molar-refractivity contribution in [3.63, 3.8) is 0 Å². The maximum Gasteiger partial charge on any atom is 0.421 e. The number of amides is 2. The first-order valence-corrected chi connectivity index (χ1v) is 19.3. The Bertz CT molecular complexity index is 2090. The maximum absolute atomic E-state index is 13.9. The molecule has 6 rings (SSSR count). The number of aromatic nitrogens is 3. The van der Waals surface area contributed by atoms with E-state index in [-0.39, 0.29) is 36.0 Å². The van der Waals surface area contributed by atoms with Crippen LogP contribution in [0, 0.1) is 0 Å². The van der Waals surface area contributed by atoms with E-state index in [4.69, 9.17) is 0 Å². The SMILES string of the molecule is CN(Cc1ccccc1C1CCC(=O)NC1=O)C1CCN(c2ccc(Nc3ncc(C(F)(F)F)c(NCc4cccnc4N(C)S(C)(=O)=O)n3)cc2)CC1. The van der Waals surface area contributed by atoms with E-state index < -0.39 is 27.6 Å². The Kier molecular flexibility index (Phi) is 11.4. The van der Waals surface area contributed by atoms with Gasteiger partial charge in [-0.1, -0.05) is 30.3 Å². The Morgan fingerprint density at radius 2 is 1.65 bits per heavy atom. The Balaban J connectivity index is 1.07. The molecule has 3 N–H and O–H groups in total. The van der Waals surface area contributed by atoms with Crippen LogP contribution in [0.5, 0.6) is 0 Å². The third-order valence-electron chi connectivity index (χ3n) is 9.87. The van der Waals surface area contributed by atoms with Gasteiger partial charge >= 0.3 is 6.18 Å². The van der Waals surface area contributed by atoms with E-state index >= 15 is 0 Å².